The molecule has 1 aromatic rings. The Morgan fingerprint density at radius 2 is 1.62 bits per heavy atom. The summed E-state index contributed by atoms with van der Waals surface area (Å²) in [6, 6.07) is 0. The number of aromatic amines is 1. The van der Waals surface area contributed by atoms with E-state index in [1.165, 1.54) is 0 Å². The van der Waals surface area contributed by atoms with Crippen LogP contribution >= 0.6 is 0 Å². The average molecular weight is 227 g/mol. The Morgan fingerprint density at radius 1 is 1.19 bits per heavy atom. The maximum atomic E-state index is 10.6. The van der Waals surface area contributed by atoms with Crippen molar-refractivity contribution in [1.29, 1.82) is 0 Å². The molecule has 0 amide bonds. The molecule has 0 aromatic carbocycles. The number of carboxylic acid groups (broad SMARTS) is 1. The largest absolute Gasteiger partial charge is 0.478 e. The Balaban J connectivity index is 0. The predicted molar refractivity (Wildman–Crippen MR) is 65.3 cm³/mol. The predicted octanol–water partition coefficient (Wildman–Crippen LogP) is 3.19. The summed E-state index contributed by atoms with van der Waals surface area (Å²) < 4.78 is 0. The number of carboxylic acids is 1. The quantitative estimate of drug-likeness (QED) is 0.762. The third-order valence-corrected chi connectivity index (χ3v) is 1.81. The molecule has 0 fully saturated rings. The first-order valence-electron chi connectivity index (χ1n) is 5.45. The van der Waals surface area contributed by atoms with Crippen molar-refractivity contribution in [2.45, 2.75) is 41.5 Å². The van der Waals surface area contributed by atoms with Crippen molar-refractivity contribution < 1.29 is 14.7 Å². The van der Waals surface area contributed by atoms with Gasteiger partial charge in [-0.1, -0.05) is 27.7 Å². The topological polar surface area (TPSA) is 70.2 Å². The third kappa shape index (κ3) is 3.88. The lowest BCUT2D eigenvalue weighted by molar-refractivity contribution is 0.0695. The van der Waals surface area contributed by atoms with Gasteiger partial charge in [-0.05, 0) is 19.4 Å². The van der Waals surface area contributed by atoms with Crippen molar-refractivity contribution in [3.63, 3.8) is 0 Å². The SMILES string of the molecule is CC.CC.Cc1[nH]c(C=O)c(C)c1C(=O)O. The lowest BCUT2D eigenvalue weighted by atomic mass is 10.1. The number of aldehydes is 1. The van der Waals surface area contributed by atoms with Crippen LogP contribution in [0.2, 0.25) is 0 Å². The highest BCUT2D eigenvalue weighted by molar-refractivity contribution is 5.94. The number of carbonyl (C=O) groups is 2. The molecule has 0 spiro atoms. The highest BCUT2D eigenvalue weighted by Gasteiger charge is 2.16. The van der Waals surface area contributed by atoms with Gasteiger partial charge in [0.25, 0.3) is 0 Å². The summed E-state index contributed by atoms with van der Waals surface area (Å²) >= 11 is 0. The molecule has 0 aliphatic carbocycles. The molecule has 0 unspecified atom stereocenters. The molecule has 0 atom stereocenters. The lowest BCUT2D eigenvalue weighted by Gasteiger charge is -1.92. The van der Waals surface area contributed by atoms with Crippen molar-refractivity contribution in [2.24, 2.45) is 0 Å². The first kappa shape index (κ1) is 16.8. The highest BCUT2D eigenvalue weighted by Crippen LogP contribution is 2.15. The van der Waals surface area contributed by atoms with Crippen LogP contribution in [0.1, 0.15) is 59.8 Å². The maximum Gasteiger partial charge on any atom is 0.337 e. The summed E-state index contributed by atoms with van der Waals surface area (Å²) in [4.78, 5) is 23.7. The monoisotopic (exact) mass is 227 g/mol. The first-order chi connectivity index (χ1) is 7.57. The lowest BCUT2D eigenvalue weighted by Crippen LogP contribution is -1.98. The molecule has 92 valence electrons. The molecule has 0 aliphatic heterocycles. The van der Waals surface area contributed by atoms with Crippen molar-refractivity contribution in [3.8, 4) is 0 Å². The van der Waals surface area contributed by atoms with Gasteiger partial charge < -0.3 is 10.1 Å². The minimum atomic E-state index is -1.01. The minimum Gasteiger partial charge on any atom is -0.478 e. The Morgan fingerprint density at radius 3 is 1.81 bits per heavy atom. The number of nitrogens with one attached hydrogen (secondary N) is 1. The molecule has 1 heterocycles. The van der Waals surface area contributed by atoms with Gasteiger partial charge in [-0.15, -0.1) is 0 Å². The van der Waals surface area contributed by atoms with Crippen LogP contribution in [0.4, 0.5) is 0 Å². The fourth-order valence-corrected chi connectivity index (χ4v) is 1.21. The number of rotatable bonds is 2. The van der Waals surface area contributed by atoms with E-state index in [1.807, 2.05) is 27.7 Å². The second-order valence-electron chi connectivity index (χ2n) is 2.59. The summed E-state index contributed by atoms with van der Waals surface area (Å²) in [6.45, 7) is 11.2. The first-order valence-corrected chi connectivity index (χ1v) is 5.45. The molecule has 0 aliphatic rings. The Kier molecular flexibility index (Phi) is 9.16. The van der Waals surface area contributed by atoms with Gasteiger partial charge in [-0.2, -0.15) is 0 Å². The van der Waals surface area contributed by atoms with E-state index in [2.05, 4.69) is 4.98 Å². The van der Waals surface area contributed by atoms with Gasteiger partial charge in [0.2, 0.25) is 0 Å². The van der Waals surface area contributed by atoms with Gasteiger partial charge >= 0.3 is 5.97 Å². The second kappa shape index (κ2) is 8.71. The van der Waals surface area contributed by atoms with Crippen LogP contribution in [-0.4, -0.2) is 22.3 Å². The van der Waals surface area contributed by atoms with Crippen molar-refractivity contribution >= 4 is 12.3 Å². The van der Waals surface area contributed by atoms with Crippen molar-refractivity contribution in [3.05, 3.63) is 22.5 Å². The Bertz CT molecular complexity index is 340. The van der Waals surface area contributed by atoms with E-state index in [-0.39, 0.29) is 5.56 Å². The van der Waals surface area contributed by atoms with Crippen LogP contribution in [0.5, 0.6) is 0 Å². The maximum absolute atomic E-state index is 10.6. The van der Waals surface area contributed by atoms with Gasteiger partial charge in [0.1, 0.15) is 0 Å². The number of aromatic nitrogens is 1. The van der Waals surface area contributed by atoms with E-state index in [0.29, 0.717) is 23.2 Å². The summed E-state index contributed by atoms with van der Waals surface area (Å²) in [6.07, 6.45) is 0.620. The smallest absolute Gasteiger partial charge is 0.337 e. The average Bonchev–Trinajstić information content (AvgIpc) is 2.59. The van der Waals surface area contributed by atoms with Crippen LogP contribution in [0, 0.1) is 13.8 Å². The molecule has 4 heteroatoms. The molecule has 0 bridgehead atoms. The highest BCUT2D eigenvalue weighted by atomic mass is 16.4. The van der Waals surface area contributed by atoms with Gasteiger partial charge in [0, 0.05) is 5.69 Å². The van der Waals surface area contributed by atoms with Gasteiger partial charge in [-0.3, -0.25) is 4.79 Å². The molecular weight excluding hydrogens is 206 g/mol. The zero-order valence-corrected chi connectivity index (χ0v) is 10.8. The molecule has 0 radical (unpaired) electrons. The second-order valence-corrected chi connectivity index (χ2v) is 2.59. The van der Waals surface area contributed by atoms with Crippen LogP contribution in [0.15, 0.2) is 0 Å². The van der Waals surface area contributed by atoms with E-state index in [1.54, 1.807) is 13.8 Å². The van der Waals surface area contributed by atoms with E-state index in [4.69, 9.17) is 5.11 Å². The molecule has 4 nitrogen and oxygen atoms in total. The number of aromatic carboxylic acids is 1. The van der Waals surface area contributed by atoms with Crippen LogP contribution in [0.3, 0.4) is 0 Å². The van der Waals surface area contributed by atoms with Gasteiger partial charge in [0.15, 0.2) is 6.29 Å². The molecule has 0 saturated heterocycles. The molecule has 1 rings (SSSR count). The minimum absolute atomic E-state index is 0.192. The van der Waals surface area contributed by atoms with Crippen molar-refractivity contribution in [1.82, 2.24) is 4.98 Å². The van der Waals surface area contributed by atoms with Crippen molar-refractivity contribution in [2.75, 3.05) is 0 Å². The number of carbonyl (C=O) groups excluding carboxylic acids is 1. The zero-order valence-electron chi connectivity index (χ0n) is 10.8. The summed E-state index contributed by atoms with van der Waals surface area (Å²) in [5, 5.41) is 8.72. The van der Waals surface area contributed by atoms with Crippen LogP contribution in [-0.2, 0) is 0 Å². The molecule has 1 aromatic heterocycles. The van der Waals surface area contributed by atoms with Crippen LogP contribution in [0.25, 0.3) is 0 Å². The summed E-state index contributed by atoms with van der Waals surface area (Å²) in [7, 11) is 0. The fraction of sp³-hybridized carbons (Fsp3) is 0.500. The van der Waals surface area contributed by atoms with Gasteiger partial charge in [-0.25, -0.2) is 4.79 Å². The normalized spacial score (nSPS) is 8.12. The standard InChI is InChI=1S/C8H9NO3.2C2H6/c1-4-6(3-10)9-5(2)7(4)8(11)12;2*1-2/h3,9H,1-2H3,(H,11,12);2*1-2H3. The number of H-pyrrole nitrogens is 1. The number of hydrogen-bond donors (Lipinski definition) is 2. The molecule has 2 N–H and O–H groups in total. The van der Waals surface area contributed by atoms with E-state index in [9.17, 15) is 9.59 Å². The molecule has 16 heavy (non-hydrogen) atoms. The summed E-state index contributed by atoms with van der Waals surface area (Å²) in [5.74, 6) is -1.01. The van der Waals surface area contributed by atoms with E-state index < -0.39 is 5.97 Å². The zero-order chi connectivity index (χ0) is 13.3. The number of aryl methyl sites for hydroxylation is 1. The fourth-order valence-electron chi connectivity index (χ4n) is 1.21. The van der Waals surface area contributed by atoms with E-state index >= 15 is 0 Å². The third-order valence-electron chi connectivity index (χ3n) is 1.81. The Hall–Kier alpha value is -1.58. The molecule has 0 saturated carbocycles. The molecular formula is C12H21NO3. The summed E-state index contributed by atoms with van der Waals surface area (Å²) in [5.41, 5.74) is 1.54. The van der Waals surface area contributed by atoms with E-state index in [0.717, 1.165) is 0 Å². The van der Waals surface area contributed by atoms with Crippen LogP contribution < -0.4 is 0 Å². The van der Waals surface area contributed by atoms with Gasteiger partial charge in [0.05, 0.1) is 11.3 Å². The number of hydrogen-bond acceptors (Lipinski definition) is 2. The Labute approximate surface area is 96.7 Å².